The van der Waals surface area contributed by atoms with Crippen LogP contribution in [-0.4, -0.2) is 30.1 Å². The van der Waals surface area contributed by atoms with Crippen molar-refractivity contribution in [3.63, 3.8) is 0 Å². The third kappa shape index (κ3) is 5.37. The molecule has 5 aromatic rings. The van der Waals surface area contributed by atoms with Gasteiger partial charge < -0.3 is 4.98 Å². The van der Waals surface area contributed by atoms with Crippen molar-refractivity contribution in [1.29, 1.82) is 0 Å². The standard InChI is InChI=1S/C30H32N6O/c1-4-27(29-32-33-34-36(29)19-24-13-9-6-10-14-24)35(18-23-11-7-5-8-12-23)20-26-17-25-16-15-21(2)22(3)28(25)31-30(26)37/h5-17,27H,4,18-20H2,1-3H3,(H,31,37)/t27-/m1/s1. The van der Waals surface area contributed by atoms with E-state index in [1.807, 2.05) is 47.1 Å². The highest BCUT2D eigenvalue weighted by Crippen LogP contribution is 2.27. The van der Waals surface area contributed by atoms with E-state index in [-0.39, 0.29) is 11.6 Å². The summed E-state index contributed by atoms with van der Waals surface area (Å²) in [6.07, 6.45) is 0.797. The van der Waals surface area contributed by atoms with Gasteiger partial charge in [-0.15, -0.1) is 5.10 Å². The van der Waals surface area contributed by atoms with Crippen molar-refractivity contribution in [2.75, 3.05) is 0 Å². The van der Waals surface area contributed by atoms with E-state index in [0.29, 0.717) is 19.6 Å². The van der Waals surface area contributed by atoms with Crippen LogP contribution < -0.4 is 5.56 Å². The summed E-state index contributed by atoms with van der Waals surface area (Å²) in [7, 11) is 0. The monoisotopic (exact) mass is 492 g/mol. The average molecular weight is 493 g/mol. The zero-order chi connectivity index (χ0) is 25.8. The Morgan fingerprint density at radius 3 is 2.32 bits per heavy atom. The van der Waals surface area contributed by atoms with Crippen molar-refractivity contribution in [3.05, 3.63) is 123 Å². The Labute approximate surface area is 216 Å². The van der Waals surface area contributed by atoms with Gasteiger partial charge in [0.1, 0.15) is 0 Å². The van der Waals surface area contributed by atoms with Crippen LogP contribution in [0, 0.1) is 13.8 Å². The summed E-state index contributed by atoms with van der Waals surface area (Å²) in [5.74, 6) is 0.797. The van der Waals surface area contributed by atoms with E-state index >= 15 is 0 Å². The summed E-state index contributed by atoms with van der Waals surface area (Å²) in [4.78, 5) is 18.7. The summed E-state index contributed by atoms with van der Waals surface area (Å²) in [5, 5.41) is 13.8. The number of aromatic nitrogens is 5. The Morgan fingerprint density at radius 2 is 1.62 bits per heavy atom. The minimum Gasteiger partial charge on any atom is -0.321 e. The minimum atomic E-state index is -0.0752. The maximum atomic E-state index is 13.3. The molecule has 5 rings (SSSR count). The van der Waals surface area contributed by atoms with Crippen molar-refractivity contribution < 1.29 is 0 Å². The maximum absolute atomic E-state index is 13.3. The zero-order valence-corrected chi connectivity index (χ0v) is 21.6. The molecule has 3 aromatic carbocycles. The number of rotatable bonds is 9. The lowest BCUT2D eigenvalue weighted by Gasteiger charge is -2.30. The molecule has 2 heterocycles. The number of nitrogens with zero attached hydrogens (tertiary/aromatic N) is 5. The Hall–Kier alpha value is -4.10. The van der Waals surface area contributed by atoms with Crippen LogP contribution in [0.2, 0.25) is 0 Å². The Morgan fingerprint density at radius 1 is 0.919 bits per heavy atom. The Balaban J connectivity index is 1.53. The van der Waals surface area contributed by atoms with Crippen molar-refractivity contribution in [2.45, 2.75) is 52.9 Å². The third-order valence-electron chi connectivity index (χ3n) is 7.09. The smallest absolute Gasteiger partial charge is 0.252 e. The molecule has 37 heavy (non-hydrogen) atoms. The van der Waals surface area contributed by atoms with Crippen molar-refractivity contribution in [3.8, 4) is 0 Å². The Kier molecular flexibility index (Phi) is 7.23. The molecule has 0 aliphatic heterocycles. The second-order valence-corrected chi connectivity index (χ2v) is 9.59. The van der Waals surface area contributed by atoms with Gasteiger partial charge in [-0.1, -0.05) is 79.7 Å². The average Bonchev–Trinajstić information content (AvgIpc) is 3.36. The predicted octanol–water partition coefficient (Wildman–Crippen LogP) is 5.33. The molecule has 0 radical (unpaired) electrons. The normalized spacial score (nSPS) is 12.3. The van der Waals surface area contributed by atoms with E-state index in [4.69, 9.17) is 0 Å². The molecule has 7 heteroatoms. The summed E-state index contributed by atoms with van der Waals surface area (Å²) in [6, 6.07) is 26.7. The number of H-pyrrole nitrogens is 1. The van der Waals surface area contributed by atoms with E-state index in [1.165, 1.54) is 5.56 Å². The summed E-state index contributed by atoms with van der Waals surface area (Å²) in [6.45, 7) is 7.99. The van der Waals surface area contributed by atoms with Crippen molar-refractivity contribution in [1.82, 2.24) is 30.1 Å². The van der Waals surface area contributed by atoms with Gasteiger partial charge in [-0.2, -0.15) is 0 Å². The van der Waals surface area contributed by atoms with Gasteiger partial charge in [0.2, 0.25) is 0 Å². The molecule has 0 fully saturated rings. The maximum Gasteiger partial charge on any atom is 0.252 e. The van der Waals surface area contributed by atoms with Crippen LogP contribution in [0.25, 0.3) is 10.9 Å². The first-order chi connectivity index (χ1) is 18.0. The van der Waals surface area contributed by atoms with E-state index < -0.39 is 0 Å². The number of hydrogen-bond donors (Lipinski definition) is 1. The largest absolute Gasteiger partial charge is 0.321 e. The molecular weight excluding hydrogens is 460 g/mol. The fraction of sp³-hybridized carbons (Fsp3) is 0.267. The first kappa shape index (κ1) is 24.6. The van der Waals surface area contributed by atoms with E-state index in [0.717, 1.165) is 45.4 Å². The second kappa shape index (κ2) is 10.9. The molecule has 0 unspecified atom stereocenters. The fourth-order valence-electron chi connectivity index (χ4n) is 4.92. The quantitative estimate of drug-likeness (QED) is 0.301. The van der Waals surface area contributed by atoms with Crippen LogP contribution in [-0.2, 0) is 19.6 Å². The van der Waals surface area contributed by atoms with Gasteiger partial charge in [0.05, 0.1) is 18.1 Å². The molecule has 0 amide bonds. The molecule has 0 aliphatic carbocycles. The lowest BCUT2D eigenvalue weighted by Crippen LogP contribution is -2.32. The molecule has 0 spiro atoms. The zero-order valence-electron chi connectivity index (χ0n) is 21.6. The van der Waals surface area contributed by atoms with Gasteiger partial charge in [-0.05, 0) is 64.4 Å². The highest BCUT2D eigenvalue weighted by molar-refractivity contribution is 5.83. The van der Waals surface area contributed by atoms with Crippen LogP contribution in [0.4, 0.5) is 0 Å². The number of nitrogens with one attached hydrogen (secondary N) is 1. The van der Waals surface area contributed by atoms with Crippen LogP contribution in [0.1, 0.15) is 53.0 Å². The number of pyridine rings is 1. The highest BCUT2D eigenvalue weighted by atomic mass is 16.1. The first-order valence-electron chi connectivity index (χ1n) is 12.7. The van der Waals surface area contributed by atoms with Gasteiger partial charge in [-0.25, -0.2) is 4.68 Å². The van der Waals surface area contributed by atoms with E-state index in [2.05, 4.69) is 82.6 Å². The molecule has 7 nitrogen and oxygen atoms in total. The number of hydrogen-bond acceptors (Lipinski definition) is 5. The van der Waals surface area contributed by atoms with Crippen LogP contribution in [0.15, 0.2) is 83.7 Å². The van der Waals surface area contributed by atoms with Crippen molar-refractivity contribution >= 4 is 10.9 Å². The van der Waals surface area contributed by atoms with Crippen molar-refractivity contribution in [2.24, 2.45) is 0 Å². The van der Waals surface area contributed by atoms with E-state index in [1.54, 1.807) is 0 Å². The second-order valence-electron chi connectivity index (χ2n) is 9.59. The first-order valence-corrected chi connectivity index (χ1v) is 12.7. The summed E-state index contributed by atoms with van der Waals surface area (Å²) >= 11 is 0. The van der Waals surface area contributed by atoms with Crippen LogP contribution in [0.5, 0.6) is 0 Å². The minimum absolute atomic E-state index is 0.0574. The molecule has 2 aromatic heterocycles. The third-order valence-corrected chi connectivity index (χ3v) is 7.09. The van der Waals surface area contributed by atoms with Gasteiger partial charge in [0.25, 0.3) is 5.56 Å². The van der Waals surface area contributed by atoms with E-state index in [9.17, 15) is 4.79 Å². The molecular formula is C30H32N6O. The Bertz CT molecular complexity index is 1540. The molecule has 0 bridgehead atoms. The lowest BCUT2D eigenvalue weighted by molar-refractivity contribution is 0.161. The molecule has 0 aliphatic rings. The van der Waals surface area contributed by atoms with Crippen LogP contribution >= 0.6 is 0 Å². The number of aromatic amines is 1. The van der Waals surface area contributed by atoms with Gasteiger partial charge in [0.15, 0.2) is 5.82 Å². The highest BCUT2D eigenvalue weighted by Gasteiger charge is 2.26. The molecule has 1 atom stereocenters. The summed E-state index contributed by atoms with van der Waals surface area (Å²) in [5.41, 5.74) is 6.16. The molecule has 0 saturated heterocycles. The summed E-state index contributed by atoms with van der Waals surface area (Å²) < 4.78 is 1.87. The number of benzene rings is 3. The fourth-order valence-corrected chi connectivity index (χ4v) is 4.92. The van der Waals surface area contributed by atoms with Gasteiger partial charge in [-0.3, -0.25) is 9.69 Å². The topological polar surface area (TPSA) is 79.7 Å². The molecule has 188 valence electrons. The van der Waals surface area contributed by atoms with Gasteiger partial charge >= 0.3 is 0 Å². The number of aryl methyl sites for hydroxylation is 2. The predicted molar refractivity (Wildman–Crippen MR) is 146 cm³/mol. The molecule has 0 saturated carbocycles. The van der Waals surface area contributed by atoms with Gasteiger partial charge in [0, 0.05) is 18.7 Å². The lowest BCUT2D eigenvalue weighted by atomic mass is 10.0. The SMILES string of the molecule is CC[C@H](c1nnnn1Cc1ccccc1)N(Cc1ccccc1)Cc1cc2ccc(C)c(C)c2[nH]c1=O. The number of tetrazole rings is 1. The molecule has 1 N–H and O–H groups in total. The number of fused-ring (bicyclic) bond motifs is 1. The van der Waals surface area contributed by atoms with Crippen LogP contribution in [0.3, 0.4) is 0 Å².